The number of hydrogen-bond donors (Lipinski definition) is 2. The molecule has 2 amide bonds. The molecular weight excluding hydrogens is 332 g/mol. The molecule has 1 aliphatic rings. The predicted octanol–water partition coefficient (Wildman–Crippen LogP) is 2.84. The first-order valence-corrected chi connectivity index (χ1v) is 8.13. The third-order valence-corrected chi connectivity index (χ3v) is 4.03. The van der Waals surface area contributed by atoms with Gasteiger partial charge in [-0.05, 0) is 37.3 Å². The summed E-state index contributed by atoms with van der Waals surface area (Å²) in [6.07, 6.45) is 2.63. The number of carbonyl (C=O) groups excluding carboxylic acids is 2. The molecule has 0 aliphatic carbocycles. The Kier molecular flexibility index (Phi) is 3.89. The van der Waals surface area contributed by atoms with Crippen molar-refractivity contribution in [3.63, 3.8) is 0 Å². The van der Waals surface area contributed by atoms with E-state index in [4.69, 9.17) is 4.74 Å². The van der Waals surface area contributed by atoms with Crippen molar-refractivity contribution < 1.29 is 14.3 Å². The number of ether oxygens (including phenoxy) is 1. The molecule has 0 saturated carbocycles. The quantitative estimate of drug-likeness (QED) is 0.762. The summed E-state index contributed by atoms with van der Waals surface area (Å²) in [5.74, 6) is 0.0701. The van der Waals surface area contributed by atoms with Gasteiger partial charge in [-0.25, -0.2) is 4.68 Å². The Morgan fingerprint density at radius 3 is 2.85 bits per heavy atom. The molecule has 130 valence electrons. The fourth-order valence-electron chi connectivity index (χ4n) is 2.65. The molecule has 7 nitrogen and oxygen atoms in total. The smallest absolute Gasteiger partial charge is 0.265 e. The molecule has 26 heavy (non-hydrogen) atoms. The number of hydrogen-bond acceptors (Lipinski definition) is 4. The first kappa shape index (κ1) is 15.9. The van der Waals surface area contributed by atoms with Gasteiger partial charge in [0.1, 0.15) is 5.75 Å². The van der Waals surface area contributed by atoms with Crippen LogP contribution in [0.4, 0.5) is 11.4 Å². The zero-order valence-corrected chi connectivity index (χ0v) is 14.0. The number of rotatable bonds is 3. The standard InChI is InChI=1S/C19H16N4O3/c1-12-18(24)22-16-9-14(7-8-17(16)26-12)21-19(25)13-10-20-23(11-13)15-5-3-2-4-6-15/h2-12H,1H3,(H,21,25)(H,22,24). The minimum atomic E-state index is -0.535. The summed E-state index contributed by atoms with van der Waals surface area (Å²) >= 11 is 0. The average Bonchev–Trinajstić information content (AvgIpc) is 3.14. The largest absolute Gasteiger partial charge is 0.479 e. The Bertz CT molecular complexity index is 981. The molecule has 1 aromatic heterocycles. The van der Waals surface area contributed by atoms with Crippen LogP contribution in [-0.4, -0.2) is 27.7 Å². The number of fused-ring (bicyclic) bond motifs is 1. The van der Waals surface area contributed by atoms with Crippen molar-refractivity contribution in [2.75, 3.05) is 10.6 Å². The lowest BCUT2D eigenvalue weighted by Gasteiger charge is -2.23. The maximum Gasteiger partial charge on any atom is 0.265 e. The summed E-state index contributed by atoms with van der Waals surface area (Å²) in [5.41, 5.74) is 2.39. The van der Waals surface area contributed by atoms with Crippen molar-refractivity contribution in [3.05, 3.63) is 66.5 Å². The second-order valence-corrected chi connectivity index (χ2v) is 5.92. The topological polar surface area (TPSA) is 85.2 Å². The molecule has 1 atom stereocenters. The lowest BCUT2D eigenvalue weighted by Crippen LogP contribution is -2.34. The number of nitrogens with zero attached hydrogens (tertiary/aromatic N) is 2. The first-order valence-electron chi connectivity index (χ1n) is 8.13. The van der Waals surface area contributed by atoms with E-state index >= 15 is 0 Å². The zero-order valence-electron chi connectivity index (χ0n) is 14.0. The number of aromatic nitrogens is 2. The van der Waals surface area contributed by atoms with Crippen LogP contribution in [0.25, 0.3) is 5.69 Å². The summed E-state index contributed by atoms with van der Waals surface area (Å²) in [4.78, 5) is 24.2. The van der Waals surface area contributed by atoms with Crippen LogP contribution in [0, 0.1) is 0 Å². The van der Waals surface area contributed by atoms with Gasteiger partial charge in [0.25, 0.3) is 11.8 Å². The van der Waals surface area contributed by atoms with E-state index in [9.17, 15) is 9.59 Å². The van der Waals surface area contributed by atoms with E-state index in [0.717, 1.165) is 5.69 Å². The van der Waals surface area contributed by atoms with Crippen molar-refractivity contribution in [2.45, 2.75) is 13.0 Å². The van der Waals surface area contributed by atoms with Gasteiger partial charge in [0, 0.05) is 11.9 Å². The molecule has 2 N–H and O–H groups in total. The van der Waals surface area contributed by atoms with Crippen LogP contribution in [0.5, 0.6) is 5.75 Å². The number of carbonyl (C=O) groups is 2. The van der Waals surface area contributed by atoms with Crippen LogP contribution >= 0.6 is 0 Å². The van der Waals surface area contributed by atoms with Crippen LogP contribution in [0.2, 0.25) is 0 Å². The van der Waals surface area contributed by atoms with Gasteiger partial charge in [0.2, 0.25) is 0 Å². The van der Waals surface area contributed by atoms with E-state index < -0.39 is 6.10 Å². The fraction of sp³-hybridized carbons (Fsp3) is 0.105. The molecule has 2 aromatic carbocycles. The van der Waals surface area contributed by atoms with Crippen molar-refractivity contribution in [1.29, 1.82) is 0 Å². The minimum Gasteiger partial charge on any atom is -0.479 e. The van der Waals surface area contributed by atoms with Gasteiger partial charge in [0.15, 0.2) is 6.10 Å². The third-order valence-electron chi connectivity index (χ3n) is 4.03. The highest BCUT2D eigenvalue weighted by molar-refractivity contribution is 6.05. The highest BCUT2D eigenvalue weighted by atomic mass is 16.5. The number of anilines is 2. The molecular formula is C19H16N4O3. The summed E-state index contributed by atoms with van der Waals surface area (Å²) in [6.45, 7) is 1.68. The molecule has 1 aliphatic heterocycles. The van der Waals surface area contributed by atoms with E-state index in [2.05, 4.69) is 15.7 Å². The normalized spacial score (nSPS) is 15.6. The zero-order chi connectivity index (χ0) is 18.1. The van der Waals surface area contributed by atoms with Gasteiger partial charge in [-0.15, -0.1) is 0 Å². The molecule has 3 aromatic rings. The van der Waals surface area contributed by atoms with E-state index in [0.29, 0.717) is 22.7 Å². The summed E-state index contributed by atoms with van der Waals surface area (Å²) in [6, 6.07) is 14.6. The van der Waals surface area contributed by atoms with Crippen LogP contribution < -0.4 is 15.4 Å². The Hall–Kier alpha value is -3.61. The molecule has 0 bridgehead atoms. The van der Waals surface area contributed by atoms with Gasteiger partial charge in [-0.2, -0.15) is 5.10 Å². The molecule has 2 heterocycles. The fourth-order valence-corrected chi connectivity index (χ4v) is 2.65. The Balaban J connectivity index is 1.51. The third kappa shape index (κ3) is 3.02. The Morgan fingerprint density at radius 1 is 1.23 bits per heavy atom. The molecule has 0 saturated heterocycles. The SMILES string of the molecule is CC1Oc2ccc(NC(=O)c3cnn(-c4ccccc4)c3)cc2NC1=O. The number of benzene rings is 2. The summed E-state index contributed by atoms with van der Waals surface area (Å²) in [7, 11) is 0. The summed E-state index contributed by atoms with van der Waals surface area (Å²) in [5, 5.41) is 9.77. The van der Waals surface area contributed by atoms with Crippen LogP contribution in [0.3, 0.4) is 0 Å². The van der Waals surface area contributed by atoms with Gasteiger partial charge >= 0.3 is 0 Å². The Labute approximate surface area is 149 Å². The van der Waals surface area contributed by atoms with Crippen molar-refractivity contribution in [2.24, 2.45) is 0 Å². The maximum absolute atomic E-state index is 12.5. The number of amides is 2. The van der Waals surface area contributed by atoms with Gasteiger partial charge in [-0.1, -0.05) is 18.2 Å². The van der Waals surface area contributed by atoms with Crippen LogP contribution in [-0.2, 0) is 4.79 Å². The minimum absolute atomic E-state index is 0.217. The van der Waals surface area contributed by atoms with E-state index in [1.165, 1.54) is 6.20 Å². The first-order chi connectivity index (χ1) is 12.6. The Morgan fingerprint density at radius 2 is 2.04 bits per heavy atom. The predicted molar refractivity (Wildman–Crippen MR) is 96.7 cm³/mol. The second kappa shape index (κ2) is 6.36. The maximum atomic E-state index is 12.5. The highest BCUT2D eigenvalue weighted by Gasteiger charge is 2.23. The van der Waals surface area contributed by atoms with Crippen LogP contribution in [0.15, 0.2) is 60.9 Å². The average molecular weight is 348 g/mol. The molecule has 7 heteroatoms. The van der Waals surface area contributed by atoms with Crippen molar-refractivity contribution >= 4 is 23.2 Å². The monoisotopic (exact) mass is 348 g/mol. The molecule has 0 spiro atoms. The number of para-hydroxylation sites is 1. The molecule has 0 radical (unpaired) electrons. The summed E-state index contributed by atoms with van der Waals surface area (Å²) < 4.78 is 7.14. The van der Waals surface area contributed by atoms with Gasteiger partial charge in [-0.3, -0.25) is 9.59 Å². The second-order valence-electron chi connectivity index (χ2n) is 5.92. The lowest BCUT2D eigenvalue weighted by atomic mass is 10.2. The lowest BCUT2D eigenvalue weighted by molar-refractivity contribution is -0.122. The molecule has 4 rings (SSSR count). The number of nitrogens with one attached hydrogen (secondary N) is 2. The van der Waals surface area contributed by atoms with Gasteiger partial charge < -0.3 is 15.4 Å². The van der Waals surface area contributed by atoms with E-state index in [-0.39, 0.29) is 11.8 Å². The van der Waals surface area contributed by atoms with E-state index in [1.807, 2.05) is 30.3 Å². The molecule has 0 fully saturated rings. The highest BCUT2D eigenvalue weighted by Crippen LogP contribution is 2.32. The van der Waals surface area contributed by atoms with Crippen molar-refractivity contribution in [1.82, 2.24) is 9.78 Å². The van der Waals surface area contributed by atoms with Crippen LogP contribution in [0.1, 0.15) is 17.3 Å². The van der Waals surface area contributed by atoms with Crippen molar-refractivity contribution in [3.8, 4) is 11.4 Å². The van der Waals surface area contributed by atoms with E-state index in [1.54, 1.807) is 36.0 Å². The van der Waals surface area contributed by atoms with Gasteiger partial charge in [0.05, 0.1) is 23.1 Å². The molecule has 1 unspecified atom stereocenters.